The number of H-pyrrole nitrogens is 1. The summed E-state index contributed by atoms with van der Waals surface area (Å²) in [4.78, 5) is 16.2. The van der Waals surface area contributed by atoms with Gasteiger partial charge in [0.05, 0.1) is 5.56 Å². The van der Waals surface area contributed by atoms with E-state index < -0.39 is 5.82 Å². The number of hydrogen-bond acceptors (Lipinski definition) is 4. The second-order valence-electron chi connectivity index (χ2n) is 6.08. The lowest BCUT2D eigenvalue weighted by atomic mass is 10.1. The summed E-state index contributed by atoms with van der Waals surface area (Å²) >= 11 is 0. The van der Waals surface area contributed by atoms with Crippen LogP contribution >= 0.6 is 0 Å². The highest BCUT2D eigenvalue weighted by molar-refractivity contribution is 5.85. The van der Waals surface area contributed by atoms with Crippen molar-refractivity contribution in [3.8, 4) is 11.4 Å². The number of fused-ring (bicyclic) bond motifs is 3. The maximum absolute atomic E-state index is 14.0. The second-order valence-corrected chi connectivity index (χ2v) is 6.08. The second kappa shape index (κ2) is 5.94. The van der Waals surface area contributed by atoms with E-state index in [0.29, 0.717) is 40.2 Å². The molecule has 0 aliphatic heterocycles. The van der Waals surface area contributed by atoms with Crippen LogP contribution in [0.3, 0.4) is 0 Å². The molecule has 0 fully saturated rings. The lowest BCUT2D eigenvalue weighted by Crippen LogP contribution is -1.94. The Bertz CT molecular complexity index is 1290. The molecule has 0 saturated heterocycles. The quantitative estimate of drug-likeness (QED) is 0.533. The van der Waals surface area contributed by atoms with Gasteiger partial charge in [-0.2, -0.15) is 4.52 Å². The number of halogens is 2. The molecule has 0 bridgehead atoms. The Labute approximate surface area is 151 Å². The molecule has 0 aliphatic carbocycles. The molecule has 5 aromatic rings. The number of nitrogens with one attached hydrogen (secondary N) is 1. The minimum absolute atomic E-state index is 0.257. The average molecular weight is 362 g/mol. The van der Waals surface area contributed by atoms with Gasteiger partial charge in [-0.15, -0.1) is 5.10 Å². The summed E-state index contributed by atoms with van der Waals surface area (Å²) in [6, 6.07) is 12.8. The highest BCUT2D eigenvalue weighted by atomic mass is 19.1. The molecule has 8 heteroatoms. The van der Waals surface area contributed by atoms with Gasteiger partial charge in [0.15, 0.2) is 17.1 Å². The fourth-order valence-electron chi connectivity index (χ4n) is 3.01. The summed E-state index contributed by atoms with van der Waals surface area (Å²) < 4.78 is 29.4. The van der Waals surface area contributed by atoms with Crippen LogP contribution in [0, 0.1) is 11.6 Å². The SMILES string of the molecule is Fc1ccccc1Cc1nc2ncn3nc(-c4ccccc4F)nc3c2[nH]1. The molecule has 6 nitrogen and oxygen atoms in total. The van der Waals surface area contributed by atoms with Gasteiger partial charge >= 0.3 is 0 Å². The molecule has 2 aromatic carbocycles. The fourth-order valence-corrected chi connectivity index (χ4v) is 3.01. The normalized spacial score (nSPS) is 11.5. The lowest BCUT2D eigenvalue weighted by Gasteiger charge is -1.99. The largest absolute Gasteiger partial charge is 0.337 e. The highest BCUT2D eigenvalue weighted by Crippen LogP contribution is 2.22. The number of hydrogen-bond donors (Lipinski definition) is 1. The third-order valence-corrected chi connectivity index (χ3v) is 4.31. The molecule has 0 amide bonds. The molecule has 0 spiro atoms. The summed E-state index contributed by atoms with van der Waals surface area (Å²) in [6.45, 7) is 0. The third kappa shape index (κ3) is 2.62. The van der Waals surface area contributed by atoms with Gasteiger partial charge in [-0.05, 0) is 23.8 Å². The number of imidazole rings is 1. The minimum Gasteiger partial charge on any atom is -0.337 e. The van der Waals surface area contributed by atoms with E-state index in [4.69, 9.17) is 0 Å². The van der Waals surface area contributed by atoms with Gasteiger partial charge < -0.3 is 4.98 Å². The van der Waals surface area contributed by atoms with E-state index in [1.807, 2.05) is 0 Å². The van der Waals surface area contributed by atoms with Gasteiger partial charge in [-0.1, -0.05) is 30.3 Å². The molecule has 5 rings (SSSR count). The van der Waals surface area contributed by atoms with Crippen molar-refractivity contribution in [1.82, 2.24) is 29.5 Å². The summed E-state index contributed by atoms with van der Waals surface area (Å²) in [7, 11) is 0. The summed E-state index contributed by atoms with van der Waals surface area (Å²) in [6.07, 6.45) is 1.77. The van der Waals surface area contributed by atoms with E-state index in [1.54, 1.807) is 36.4 Å². The van der Waals surface area contributed by atoms with Crippen molar-refractivity contribution in [1.29, 1.82) is 0 Å². The first-order valence-corrected chi connectivity index (χ1v) is 8.27. The molecule has 0 unspecified atom stereocenters. The van der Waals surface area contributed by atoms with Crippen LogP contribution in [0.4, 0.5) is 8.78 Å². The molecule has 132 valence electrons. The van der Waals surface area contributed by atoms with Crippen LogP contribution in [0.15, 0.2) is 54.9 Å². The highest BCUT2D eigenvalue weighted by Gasteiger charge is 2.16. The Hall–Kier alpha value is -3.68. The predicted molar refractivity (Wildman–Crippen MR) is 95.0 cm³/mol. The van der Waals surface area contributed by atoms with Crippen molar-refractivity contribution in [3.63, 3.8) is 0 Å². The number of nitrogens with zero attached hydrogens (tertiary/aromatic N) is 5. The van der Waals surface area contributed by atoms with Crippen molar-refractivity contribution in [2.24, 2.45) is 0 Å². The van der Waals surface area contributed by atoms with Gasteiger partial charge in [0.2, 0.25) is 0 Å². The number of rotatable bonds is 3. The van der Waals surface area contributed by atoms with E-state index in [1.165, 1.54) is 23.0 Å². The number of benzene rings is 2. The van der Waals surface area contributed by atoms with E-state index >= 15 is 0 Å². The molecule has 3 aromatic heterocycles. The predicted octanol–water partition coefficient (Wildman–Crippen LogP) is 3.54. The Morgan fingerprint density at radius 2 is 1.70 bits per heavy atom. The summed E-state index contributed by atoms with van der Waals surface area (Å²) in [5.41, 5.74) is 2.33. The van der Waals surface area contributed by atoms with Crippen molar-refractivity contribution in [2.45, 2.75) is 6.42 Å². The van der Waals surface area contributed by atoms with E-state index in [2.05, 4.69) is 25.0 Å². The monoisotopic (exact) mass is 362 g/mol. The first kappa shape index (κ1) is 15.6. The molecule has 1 N–H and O–H groups in total. The van der Waals surface area contributed by atoms with E-state index in [0.717, 1.165) is 0 Å². The van der Waals surface area contributed by atoms with E-state index in [-0.39, 0.29) is 11.6 Å². The van der Waals surface area contributed by atoms with Crippen molar-refractivity contribution in [3.05, 3.63) is 77.9 Å². The molecular weight excluding hydrogens is 350 g/mol. The Morgan fingerprint density at radius 1 is 0.926 bits per heavy atom. The smallest absolute Gasteiger partial charge is 0.185 e. The van der Waals surface area contributed by atoms with Gasteiger partial charge in [0.25, 0.3) is 0 Å². The van der Waals surface area contributed by atoms with Crippen LogP contribution in [-0.4, -0.2) is 29.5 Å². The Morgan fingerprint density at radius 3 is 2.52 bits per heavy atom. The van der Waals surface area contributed by atoms with Gasteiger partial charge in [0, 0.05) is 6.42 Å². The van der Waals surface area contributed by atoms with Crippen molar-refractivity contribution < 1.29 is 8.78 Å². The molecule has 0 aliphatic rings. The fraction of sp³-hybridized carbons (Fsp3) is 0.0526. The molecule has 0 atom stereocenters. The van der Waals surface area contributed by atoms with Gasteiger partial charge in [0.1, 0.15) is 29.3 Å². The first-order valence-electron chi connectivity index (χ1n) is 8.27. The standard InChI is InChI=1S/C19H12F2N6/c20-13-7-3-1-5-11(13)9-15-23-16-18(24-15)22-10-27-19(16)25-17(26-27)12-6-2-4-8-14(12)21/h1-8,10H,9H2,(H,23,24). The van der Waals surface area contributed by atoms with Crippen LogP contribution in [0.1, 0.15) is 11.4 Å². The van der Waals surface area contributed by atoms with Crippen LogP contribution in [0.2, 0.25) is 0 Å². The van der Waals surface area contributed by atoms with Crippen molar-refractivity contribution in [2.75, 3.05) is 0 Å². The maximum Gasteiger partial charge on any atom is 0.185 e. The molecule has 3 heterocycles. The zero-order valence-electron chi connectivity index (χ0n) is 13.9. The van der Waals surface area contributed by atoms with Gasteiger partial charge in [-0.25, -0.2) is 23.7 Å². The lowest BCUT2D eigenvalue weighted by molar-refractivity contribution is 0.612. The zero-order chi connectivity index (χ0) is 18.4. The summed E-state index contributed by atoms with van der Waals surface area (Å²) in [5, 5.41) is 4.30. The molecular formula is C19H12F2N6. The van der Waals surface area contributed by atoms with Crippen LogP contribution in [-0.2, 0) is 6.42 Å². The van der Waals surface area contributed by atoms with Crippen molar-refractivity contribution >= 4 is 16.8 Å². The van der Waals surface area contributed by atoms with E-state index in [9.17, 15) is 8.78 Å². The maximum atomic E-state index is 14.0. The van der Waals surface area contributed by atoms with Crippen LogP contribution in [0.25, 0.3) is 28.2 Å². The molecule has 0 radical (unpaired) electrons. The Balaban J connectivity index is 1.62. The van der Waals surface area contributed by atoms with Gasteiger partial charge in [-0.3, -0.25) is 0 Å². The molecule has 0 saturated carbocycles. The van der Waals surface area contributed by atoms with Crippen LogP contribution < -0.4 is 0 Å². The Kier molecular flexibility index (Phi) is 3.43. The average Bonchev–Trinajstić information content (AvgIpc) is 3.27. The first-order chi connectivity index (χ1) is 13.2. The molecule has 27 heavy (non-hydrogen) atoms. The zero-order valence-corrected chi connectivity index (χ0v) is 13.9. The summed E-state index contributed by atoms with van der Waals surface area (Å²) in [5.74, 6) is 0.127. The number of aromatic amines is 1. The topological polar surface area (TPSA) is 71.8 Å². The van der Waals surface area contributed by atoms with Crippen LogP contribution in [0.5, 0.6) is 0 Å². The third-order valence-electron chi connectivity index (χ3n) is 4.31. The number of aromatic nitrogens is 6. The minimum atomic E-state index is -0.400.